The van der Waals surface area contributed by atoms with E-state index < -0.39 is 5.82 Å². The Kier molecular flexibility index (Phi) is 6.22. The summed E-state index contributed by atoms with van der Waals surface area (Å²) < 4.78 is 18.8. The van der Waals surface area contributed by atoms with E-state index in [1.807, 2.05) is 26.0 Å². The van der Waals surface area contributed by atoms with Gasteiger partial charge in [-0.05, 0) is 37.6 Å². The number of benzene rings is 2. The van der Waals surface area contributed by atoms with Crippen molar-refractivity contribution < 1.29 is 14.2 Å². The van der Waals surface area contributed by atoms with E-state index in [9.17, 15) is 9.50 Å². The molecule has 3 N–H and O–H groups in total. The Morgan fingerprint density at radius 1 is 1.28 bits per heavy atom. The summed E-state index contributed by atoms with van der Waals surface area (Å²) in [7, 11) is 3.32. The Morgan fingerprint density at radius 2 is 2.04 bits per heavy atom. The Hall–Kier alpha value is -2.76. The van der Waals surface area contributed by atoms with Crippen LogP contribution in [0.3, 0.4) is 0 Å². The summed E-state index contributed by atoms with van der Waals surface area (Å²) in [6.07, 6.45) is 0. The predicted octanol–water partition coefficient (Wildman–Crippen LogP) is 3.27. The van der Waals surface area contributed by atoms with E-state index in [1.54, 1.807) is 20.2 Å². The molecule has 2 rings (SSSR count). The largest absolute Gasteiger partial charge is 0.505 e. The number of hydrogen-bond donors (Lipinski definition) is 3. The lowest BCUT2D eigenvalue weighted by molar-refractivity contribution is 0.405. The first kappa shape index (κ1) is 18.6. The van der Waals surface area contributed by atoms with E-state index >= 15 is 0 Å². The van der Waals surface area contributed by atoms with E-state index in [0.29, 0.717) is 18.1 Å². The van der Waals surface area contributed by atoms with Crippen molar-refractivity contribution in [3.8, 4) is 11.5 Å². The maximum atomic E-state index is 13.4. The van der Waals surface area contributed by atoms with Gasteiger partial charge in [0, 0.05) is 19.2 Å². The van der Waals surface area contributed by atoms with Gasteiger partial charge in [-0.25, -0.2) is 4.39 Å². The van der Waals surface area contributed by atoms with Gasteiger partial charge in [-0.3, -0.25) is 4.99 Å². The minimum Gasteiger partial charge on any atom is -0.505 e. The lowest BCUT2D eigenvalue weighted by Crippen LogP contribution is -2.38. The number of aliphatic imine (C=N–C) groups is 1. The van der Waals surface area contributed by atoms with E-state index in [1.165, 1.54) is 12.1 Å². The van der Waals surface area contributed by atoms with Crippen LogP contribution >= 0.6 is 0 Å². The normalized spacial score (nSPS) is 12.6. The summed E-state index contributed by atoms with van der Waals surface area (Å²) in [5, 5.41) is 15.7. The summed E-state index contributed by atoms with van der Waals surface area (Å²) in [5.41, 5.74) is 2.88. The molecule has 0 aliphatic rings. The highest BCUT2D eigenvalue weighted by Gasteiger charge is 2.13. The van der Waals surface area contributed by atoms with Gasteiger partial charge in [0.05, 0.1) is 13.2 Å². The first-order valence-electron chi connectivity index (χ1n) is 8.03. The van der Waals surface area contributed by atoms with Crippen LogP contribution in [0.25, 0.3) is 0 Å². The molecule has 0 amide bonds. The molecule has 0 aliphatic heterocycles. The van der Waals surface area contributed by atoms with E-state index in [4.69, 9.17) is 4.74 Å². The molecule has 0 aliphatic carbocycles. The SMILES string of the molecule is CN=C(NCc1ccc(O)c(F)c1)NC(C)c1cc(C)ccc1OC. The molecule has 5 nitrogen and oxygen atoms in total. The highest BCUT2D eigenvalue weighted by atomic mass is 19.1. The second kappa shape index (κ2) is 8.37. The smallest absolute Gasteiger partial charge is 0.191 e. The molecule has 25 heavy (non-hydrogen) atoms. The maximum Gasteiger partial charge on any atom is 0.191 e. The standard InChI is InChI=1S/C19H24FN3O2/c1-12-5-8-18(25-4)15(9-12)13(2)23-19(21-3)22-11-14-6-7-17(24)16(20)10-14/h5-10,13,24H,11H2,1-4H3,(H2,21,22,23). The average molecular weight is 345 g/mol. The van der Waals surface area contributed by atoms with Crippen molar-refractivity contribution in [3.05, 3.63) is 58.9 Å². The Morgan fingerprint density at radius 3 is 2.68 bits per heavy atom. The van der Waals surface area contributed by atoms with Crippen LogP contribution < -0.4 is 15.4 Å². The summed E-state index contributed by atoms with van der Waals surface area (Å²) in [6.45, 7) is 4.43. The number of nitrogens with zero attached hydrogens (tertiary/aromatic N) is 1. The Bertz CT molecular complexity index is 762. The van der Waals surface area contributed by atoms with Crippen LogP contribution in [-0.2, 0) is 6.54 Å². The van der Waals surface area contributed by atoms with Gasteiger partial charge in [0.1, 0.15) is 5.75 Å². The molecule has 0 spiro atoms. The third-order valence-corrected chi connectivity index (χ3v) is 3.90. The van der Waals surface area contributed by atoms with Gasteiger partial charge in [0.2, 0.25) is 0 Å². The molecule has 0 aromatic heterocycles. The van der Waals surface area contributed by atoms with Gasteiger partial charge in [0.15, 0.2) is 17.5 Å². The van der Waals surface area contributed by atoms with Gasteiger partial charge in [0.25, 0.3) is 0 Å². The molecule has 2 aromatic rings. The number of guanidine groups is 1. The summed E-state index contributed by atoms with van der Waals surface area (Å²) in [4.78, 5) is 4.20. The van der Waals surface area contributed by atoms with Crippen LogP contribution in [0.1, 0.15) is 29.7 Å². The van der Waals surface area contributed by atoms with Gasteiger partial charge in [-0.15, -0.1) is 0 Å². The minimum absolute atomic E-state index is 0.0300. The van der Waals surface area contributed by atoms with Gasteiger partial charge in [-0.1, -0.05) is 23.8 Å². The fourth-order valence-corrected chi connectivity index (χ4v) is 2.52. The number of ether oxygens (including phenoxy) is 1. The second-order valence-electron chi connectivity index (χ2n) is 5.82. The number of rotatable bonds is 5. The fraction of sp³-hybridized carbons (Fsp3) is 0.316. The van der Waals surface area contributed by atoms with Crippen molar-refractivity contribution in [2.45, 2.75) is 26.4 Å². The first-order chi connectivity index (χ1) is 11.9. The number of halogens is 1. The molecule has 0 saturated carbocycles. The predicted molar refractivity (Wildman–Crippen MR) is 97.5 cm³/mol. The molecule has 0 radical (unpaired) electrons. The monoisotopic (exact) mass is 345 g/mol. The van der Waals surface area contributed by atoms with Crippen LogP contribution in [-0.4, -0.2) is 25.2 Å². The molecular weight excluding hydrogens is 321 g/mol. The number of methoxy groups -OCH3 is 1. The number of phenolic OH excluding ortho intramolecular Hbond substituents is 1. The Labute approximate surface area is 147 Å². The average Bonchev–Trinajstić information content (AvgIpc) is 2.61. The highest BCUT2D eigenvalue weighted by Crippen LogP contribution is 2.26. The summed E-state index contributed by atoms with van der Waals surface area (Å²) >= 11 is 0. The second-order valence-corrected chi connectivity index (χ2v) is 5.82. The van der Waals surface area contributed by atoms with E-state index in [-0.39, 0.29) is 11.8 Å². The first-order valence-corrected chi connectivity index (χ1v) is 8.03. The number of phenols is 1. The number of aromatic hydroxyl groups is 1. The minimum atomic E-state index is -0.639. The van der Waals surface area contributed by atoms with Crippen molar-refractivity contribution >= 4 is 5.96 Å². The third kappa shape index (κ3) is 4.86. The van der Waals surface area contributed by atoms with Crippen LogP contribution in [0, 0.1) is 12.7 Å². The molecule has 0 heterocycles. The molecular formula is C19H24FN3O2. The van der Waals surface area contributed by atoms with E-state index in [2.05, 4.69) is 21.7 Å². The number of hydrogen-bond acceptors (Lipinski definition) is 3. The highest BCUT2D eigenvalue weighted by molar-refractivity contribution is 5.80. The fourth-order valence-electron chi connectivity index (χ4n) is 2.52. The zero-order valence-electron chi connectivity index (χ0n) is 14.9. The van der Waals surface area contributed by atoms with Crippen molar-refractivity contribution in [2.24, 2.45) is 4.99 Å². The molecule has 134 valence electrons. The summed E-state index contributed by atoms with van der Waals surface area (Å²) in [6, 6.07) is 10.3. The molecule has 0 fully saturated rings. The molecule has 6 heteroatoms. The Balaban J connectivity index is 2.04. The quantitative estimate of drug-likeness (QED) is 0.575. The summed E-state index contributed by atoms with van der Waals surface area (Å²) in [5.74, 6) is 0.401. The van der Waals surface area contributed by atoms with Crippen LogP contribution in [0.15, 0.2) is 41.4 Å². The van der Waals surface area contributed by atoms with Crippen molar-refractivity contribution in [3.63, 3.8) is 0 Å². The lowest BCUT2D eigenvalue weighted by atomic mass is 10.0. The molecule has 0 saturated heterocycles. The maximum absolute atomic E-state index is 13.4. The van der Waals surface area contributed by atoms with Gasteiger partial charge < -0.3 is 20.5 Å². The van der Waals surface area contributed by atoms with Crippen LogP contribution in [0.2, 0.25) is 0 Å². The molecule has 1 unspecified atom stereocenters. The zero-order valence-corrected chi connectivity index (χ0v) is 14.9. The molecule has 2 aromatic carbocycles. The third-order valence-electron chi connectivity index (χ3n) is 3.90. The van der Waals surface area contributed by atoms with Crippen LogP contribution in [0.5, 0.6) is 11.5 Å². The molecule has 1 atom stereocenters. The van der Waals surface area contributed by atoms with Crippen molar-refractivity contribution in [1.82, 2.24) is 10.6 Å². The van der Waals surface area contributed by atoms with Crippen molar-refractivity contribution in [2.75, 3.05) is 14.2 Å². The van der Waals surface area contributed by atoms with Crippen LogP contribution in [0.4, 0.5) is 4.39 Å². The molecule has 0 bridgehead atoms. The number of nitrogens with one attached hydrogen (secondary N) is 2. The number of aryl methyl sites for hydroxylation is 1. The van der Waals surface area contributed by atoms with Gasteiger partial charge >= 0.3 is 0 Å². The van der Waals surface area contributed by atoms with Gasteiger partial charge in [-0.2, -0.15) is 0 Å². The topological polar surface area (TPSA) is 65.9 Å². The zero-order chi connectivity index (χ0) is 18.4. The van der Waals surface area contributed by atoms with Crippen molar-refractivity contribution in [1.29, 1.82) is 0 Å². The van der Waals surface area contributed by atoms with E-state index in [0.717, 1.165) is 16.9 Å². The lowest BCUT2D eigenvalue weighted by Gasteiger charge is -2.20.